The first-order valence-corrected chi connectivity index (χ1v) is 15.2. The van der Waals surface area contributed by atoms with Crippen molar-refractivity contribution in [1.82, 2.24) is 14.8 Å². The van der Waals surface area contributed by atoms with Gasteiger partial charge in [0.1, 0.15) is 11.1 Å². The molecule has 0 fully saturated rings. The number of nitrogens with zero attached hydrogens (tertiary/aromatic N) is 4. The van der Waals surface area contributed by atoms with Gasteiger partial charge in [-0.2, -0.15) is 5.26 Å². The molecular formula is C27H35N5OS3. The molecule has 4 rings (SSSR count). The Hall–Kier alpha value is -2.15. The lowest BCUT2D eigenvalue weighted by Gasteiger charge is -2.33. The molecule has 0 radical (unpaired) electrons. The molecule has 0 aromatic carbocycles. The summed E-state index contributed by atoms with van der Waals surface area (Å²) >= 11 is 4.70. The number of hydrogen-bond donors (Lipinski definition) is 1. The van der Waals surface area contributed by atoms with Crippen LogP contribution in [0.4, 0.5) is 5.00 Å². The van der Waals surface area contributed by atoms with Crippen LogP contribution in [-0.2, 0) is 17.6 Å². The summed E-state index contributed by atoms with van der Waals surface area (Å²) in [7, 11) is 0. The monoisotopic (exact) mass is 541 g/mol. The second-order valence-electron chi connectivity index (χ2n) is 11.1. The highest BCUT2D eigenvalue weighted by molar-refractivity contribution is 7.99. The third kappa shape index (κ3) is 5.56. The summed E-state index contributed by atoms with van der Waals surface area (Å²) in [6.07, 6.45) is 2.97. The van der Waals surface area contributed by atoms with E-state index in [0.717, 1.165) is 41.4 Å². The van der Waals surface area contributed by atoms with Crippen molar-refractivity contribution in [1.29, 1.82) is 5.26 Å². The molecule has 1 N–H and O–H groups in total. The molecule has 1 aliphatic rings. The zero-order chi connectivity index (χ0) is 26.2. The smallest absolute Gasteiger partial charge is 0.235 e. The largest absolute Gasteiger partial charge is 0.316 e. The number of amides is 1. The number of aromatic nitrogens is 3. The van der Waals surface area contributed by atoms with E-state index >= 15 is 0 Å². The number of carbonyl (C=O) groups excluding carboxylic acids is 1. The van der Waals surface area contributed by atoms with Gasteiger partial charge < -0.3 is 5.32 Å². The molecule has 9 heteroatoms. The summed E-state index contributed by atoms with van der Waals surface area (Å²) in [6, 6.07) is 4.70. The van der Waals surface area contributed by atoms with Gasteiger partial charge in [0, 0.05) is 26.7 Å². The third-order valence-corrected chi connectivity index (χ3v) is 10.2. The van der Waals surface area contributed by atoms with E-state index < -0.39 is 0 Å². The number of nitriles is 1. The molecule has 0 bridgehead atoms. The Morgan fingerprint density at radius 3 is 2.67 bits per heavy atom. The number of rotatable bonds is 7. The molecule has 1 unspecified atom stereocenters. The minimum Gasteiger partial charge on any atom is -0.316 e. The maximum atomic E-state index is 12.9. The predicted octanol–water partition coefficient (Wildman–Crippen LogP) is 7.53. The zero-order valence-electron chi connectivity index (χ0n) is 22.1. The zero-order valence-corrected chi connectivity index (χ0v) is 24.6. The Kier molecular flexibility index (Phi) is 7.98. The summed E-state index contributed by atoms with van der Waals surface area (Å²) in [5.74, 6) is 1.98. The van der Waals surface area contributed by atoms with Gasteiger partial charge in [-0.15, -0.1) is 32.9 Å². The number of nitrogens with one attached hydrogen (secondary N) is 1. The highest BCUT2D eigenvalue weighted by Crippen LogP contribution is 2.44. The standard InChI is InChI=1S/C27H35N5OS3/c1-15(2)21-10-17(13-34-21)24-30-31-26(32(24)16(3)4)35-14-23(33)29-25-20(12-28)19-9-8-18(27(5,6)7)11-22(19)36-25/h10,13,15-16,18H,8-9,11,14H2,1-7H3,(H,29,33). The van der Waals surface area contributed by atoms with Gasteiger partial charge in [0.05, 0.1) is 11.3 Å². The summed E-state index contributed by atoms with van der Waals surface area (Å²) in [5, 5.41) is 25.3. The van der Waals surface area contributed by atoms with Crippen molar-refractivity contribution in [3.63, 3.8) is 0 Å². The SMILES string of the molecule is CC(C)c1cc(-c2nnc(SCC(=O)Nc3sc4c(c3C#N)CCC(C(C)(C)C)C4)n2C(C)C)cs1. The minimum absolute atomic E-state index is 0.125. The molecule has 3 aromatic rings. The molecule has 0 saturated carbocycles. The molecule has 1 atom stereocenters. The van der Waals surface area contributed by atoms with E-state index in [0.29, 0.717) is 22.4 Å². The fourth-order valence-corrected chi connectivity index (χ4v) is 7.70. The Bertz CT molecular complexity index is 1290. The fourth-order valence-electron chi connectivity index (χ4n) is 4.63. The van der Waals surface area contributed by atoms with Crippen LogP contribution < -0.4 is 5.32 Å². The van der Waals surface area contributed by atoms with Crippen LogP contribution in [0.25, 0.3) is 11.4 Å². The second-order valence-corrected chi connectivity index (χ2v) is 14.1. The molecule has 1 aliphatic carbocycles. The molecule has 192 valence electrons. The molecular weight excluding hydrogens is 507 g/mol. The maximum Gasteiger partial charge on any atom is 0.235 e. The lowest BCUT2D eigenvalue weighted by Crippen LogP contribution is -2.26. The number of anilines is 1. The van der Waals surface area contributed by atoms with E-state index in [1.165, 1.54) is 21.5 Å². The number of thiophene rings is 2. The van der Waals surface area contributed by atoms with Gasteiger partial charge in [-0.05, 0) is 62.0 Å². The van der Waals surface area contributed by atoms with Gasteiger partial charge >= 0.3 is 0 Å². The molecule has 1 amide bonds. The van der Waals surface area contributed by atoms with Crippen molar-refractivity contribution >= 4 is 45.3 Å². The van der Waals surface area contributed by atoms with Crippen LogP contribution in [0, 0.1) is 22.7 Å². The van der Waals surface area contributed by atoms with Gasteiger partial charge in [-0.25, -0.2) is 0 Å². The van der Waals surface area contributed by atoms with Gasteiger partial charge in [0.2, 0.25) is 5.91 Å². The van der Waals surface area contributed by atoms with Gasteiger partial charge in [-0.1, -0.05) is 46.4 Å². The first-order chi connectivity index (χ1) is 17.0. The molecule has 3 aromatic heterocycles. The van der Waals surface area contributed by atoms with E-state index in [1.54, 1.807) is 22.7 Å². The van der Waals surface area contributed by atoms with Crippen LogP contribution in [0.1, 0.15) is 87.7 Å². The highest BCUT2D eigenvalue weighted by Gasteiger charge is 2.32. The topological polar surface area (TPSA) is 83.6 Å². The molecule has 6 nitrogen and oxygen atoms in total. The van der Waals surface area contributed by atoms with Gasteiger partial charge in [0.25, 0.3) is 0 Å². The average molecular weight is 542 g/mol. The predicted molar refractivity (Wildman–Crippen MR) is 151 cm³/mol. The number of thioether (sulfide) groups is 1. The molecule has 0 spiro atoms. The average Bonchev–Trinajstić information content (AvgIpc) is 3.52. The lowest BCUT2D eigenvalue weighted by molar-refractivity contribution is -0.113. The first kappa shape index (κ1) is 26.9. The van der Waals surface area contributed by atoms with Crippen LogP contribution >= 0.6 is 34.4 Å². The van der Waals surface area contributed by atoms with Crippen LogP contribution in [0.5, 0.6) is 0 Å². The number of hydrogen-bond acceptors (Lipinski definition) is 7. The molecule has 3 heterocycles. The van der Waals surface area contributed by atoms with Crippen molar-refractivity contribution in [2.24, 2.45) is 11.3 Å². The first-order valence-electron chi connectivity index (χ1n) is 12.5. The van der Waals surface area contributed by atoms with E-state index in [-0.39, 0.29) is 23.1 Å². The Balaban J connectivity index is 1.47. The maximum absolute atomic E-state index is 12.9. The lowest BCUT2D eigenvalue weighted by atomic mass is 9.72. The number of carbonyl (C=O) groups is 1. The Morgan fingerprint density at radius 1 is 1.31 bits per heavy atom. The molecule has 36 heavy (non-hydrogen) atoms. The van der Waals surface area contributed by atoms with Crippen molar-refractivity contribution in [2.45, 2.75) is 84.8 Å². The third-order valence-electron chi connectivity index (χ3n) is 6.82. The second kappa shape index (κ2) is 10.7. The van der Waals surface area contributed by atoms with Crippen molar-refractivity contribution in [3.05, 3.63) is 32.3 Å². The normalized spacial score (nSPS) is 15.8. The molecule has 0 aliphatic heterocycles. The Labute approximate surface area is 226 Å². The van der Waals surface area contributed by atoms with Crippen LogP contribution in [0.15, 0.2) is 16.6 Å². The summed E-state index contributed by atoms with van der Waals surface area (Å²) in [4.78, 5) is 15.5. The minimum atomic E-state index is -0.125. The molecule has 0 saturated heterocycles. The fraction of sp³-hybridized carbons (Fsp3) is 0.556. The van der Waals surface area contributed by atoms with Gasteiger partial charge in [0.15, 0.2) is 11.0 Å². The van der Waals surface area contributed by atoms with E-state index in [1.807, 2.05) is 0 Å². The van der Waals surface area contributed by atoms with E-state index in [2.05, 4.69) is 86.1 Å². The van der Waals surface area contributed by atoms with Crippen molar-refractivity contribution in [2.75, 3.05) is 11.1 Å². The summed E-state index contributed by atoms with van der Waals surface area (Å²) < 4.78 is 2.10. The summed E-state index contributed by atoms with van der Waals surface area (Å²) in [6.45, 7) is 15.4. The summed E-state index contributed by atoms with van der Waals surface area (Å²) in [5.41, 5.74) is 3.08. The van der Waals surface area contributed by atoms with E-state index in [4.69, 9.17) is 0 Å². The van der Waals surface area contributed by atoms with Gasteiger partial charge in [-0.3, -0.25) is 9.36 Å². The quantitative estimate of drug-likeness (QED) is 0.313. The van der Waals surface area contributed by atoms with Crippen LogP contribution in [0.3, 0.4) is 0 Å². The van der Waals surface area contributed by atoms with Crippen molar-refractivity contribution < 1.29 is 4.79 Å². The van der Waals surface area contributed by atoms with E-state index in [9.17, 15) is 10.1 Å². The Morgan fingerprint density at radius 2 is 2.06 bits per heavy atom. The van der Waals surface area contributed by atoms with Crippen LogP contribution in [0.2, 0.25) is 0 Å². The van der Waals surface area contributed by atoms with Crippen molar-refractivity contribution in [3.8, 4) is 17.5 Å². The highest BCUT2D eigenvalue weighted by atomic mass is 32.2. The van der Waals surface area contributed by atoms with Crippen LogP contribution in [-0.4, -0.2) is 26.4 Å². The number of fused-ring (bicyclic) bond motifs is 1.